The highest BCUT2D eigenvalue weighted by atomic mass is 79.9. The molecule has 1 aliphatic rings. The van der Waals surface area contributed by atoms with Gasteiger partial charge in [0, 0.05) is 10.5 Å². The molecule has 0 aliphatic heterocycles. The molecule has 92 valence electrons. The Bertz CT molecular complexity index is 537. The van der Waals surface area contributed by atoms with E-state index in [1.165, 1.54) is 17.2 Å². The monoisotopic (exact) mass is 305 g/mol. The Morgan fingerprint density at radius 1 is 1.00 bits per heavy atom. The van der Waals surface area contributed by atoms with E-state index in [2.05, 4.69) is 45.5 Å². The van der Waals surface area contributed by atoms with Crippen LogP contribution in [0.2, 0.25) is 0 Å². The van der Waals surface area contributed by atoms with Gasteiger partial charge in [0.1, 0.15) is 5.82 Å². The summed E-state index contributed by atoms with van der Waals surface area (Å²) < 4.78 is 14.5. The van der Waals surface area contributed by atoms with Crippen LogP contribution in [0.4, 0.5) is 10.1 Å². The van der Waals surface area contributed by atoms with Gasteiger partial charge in [-0.2, -0.15) is 0 Å². The molecule has 3 rings (SSSR count). The van der Waals surface area contributed by atoms with Gasteiger partial charge in [-0.1, -0.05) is 30.3 Å². The van der Waals surface area contributed by atoms with Crippen LogP contribution in [0.15, 0.2) is 46.9 Å². The van der Waals surface area contributed by atoms with Gasteiger partial charge in [0.05, 0.1) is 5.69 Å². The summed E-state index contributed by atoms with van der Waals surface area (Å²) in [6.07, 6.45) is 1.91. The largest absolute Gasteiger partial charge is 0.378 e. The molecule has 0 saturated heterocycles. The molecule has 0 aromatic heterocycles. The minimum Gasteiger partial charge on any atom is -0.378 e. The number of para-hydroxylation sites is 1. The second-order valence-corrected chi connectivity index (χ2v) is 5.47. The second-order valence-electron chi connectivity index (χ2n) is 4.61. The number of rotatable bonds is 2. The van der Waals surface area contributed by atoms with E-state index in [-0.39, 0.29) is 11.9 Å². The lowest BCUT2D eigenvalue weighted by Gasteiger charge is -2.15. The molecule has 0 atom stereocenters. The van der Waals surface area contributed by atoms with Crippen LogP contribution in [0.3, 0.4) is 0 Å². The summed E-state index contributed by atoms with van der Waals surface area (Å²) in [7, 11) is 0. The van der Waals surface area contributed by atoms with E-state index >= 15 is 0 Å². The first-order valence-electron chi connectivity index (χ1n) is 6.01. The molecule has 0 radical (unpaired) electrons. The first kappa shape index (κ1) is 11.7. The van der Waals surface area contributed by atoms with Gasteiger partial charge in [-0.3, -0.25) is 0 Å². The SMILES string of the molecule is Fc1cccc(Br)c1NC1Cc2ccccc2C1. The minimum absolute atomic E-state index is 0.208. The number of nitrogens with one attached hydrogen (secondary N) is 1. The van der Waals surface area contributed by atoms with Crippen LogP contribution in [0.1, 0.15) is 11.1 Å². The lowest BCUT2D eigenvalue weighted by atomic mass is 10.1. The normalized spacial score (nSPS) is 14.6. The fraction of sp³-hybridized carbons (Fsp3) is 0.200. The third-order valence-corrected chi connectivity index (χ3v) is 4.02. The Hall–Kier alpha value is -1.35. The van der Waals surface area contributed by atoms with Gasteiger partial charge >= 0.3 is 0 Å². The third-order valence-electron chi connectivity index (χ3n) is 3.36. The van der Waals surface area contributed by atoms with E-state index < -0.39 is 0 Å². The van der Waals surface area contributed by atoms with E-state index in [4.69, 9.17) is 0 Å². The molecule has 1 aliphatic carbocycles. The Labute approximate surface area is 114 Å². The standard InChI is InChI=1S/C15H13BrFN/c16-13-6-3-7-14(17)15(13)18-12-8-10-4-1-2-5-11(10)9-12/h1-7,12,18H,8-9H2. The maximum absolute atomic E-state index is 13.7. The fourth-order valence-electron chi connectivity index (χ4n) is 2.50. The van der Waals surface area contributed by atoms with Crippen molar-refractivity contribution in [1.29, 1.82) is 0 Å². The highest BCUT2D eigenvalue weighted by molar-refractivity contribution is 9.10. The number of anilines is 1. The predicted molar refractivity (Wildman–Crippen MR) is 75.4 cm³/mol. The van der Waals surface area contributed by atoms with Crippen molar-refractivity contribution in [3.05, 3.63) is 63.9 Å². The molecular formula is C15H13BrFN. The van der Waals surface area contributed by atoms with Crippen LogP contribution >= 0.6 is 15.9 Å². The summed E-state index contributed by atoms with van der Waals surface area (Å²) in [6, 6.07) is 13.7. The summed E-state index contributed by atoms with van der Waals surface area (Å²) in [5, 5.41) is 3.30. The van der Waals surface area contributed by atoms with Gasteiger partial charge in [0.25, 0.3) is 0 Å². The molecule has 2 aromatic carbocycles. The van der Waals surface area contributed by atoms with Gasteiger partial charge in [-0.05, 0) is 52.0 Å². The topological polar surface area (TPSA) is 12.0 Å². The summed E-state index contributed by atoms with van der Waals surface area (Å²) in [4.78, 5) is 0. The van der Waals surface area contributed by atoms with Crippen LogP contribution in [-0.2, 0) is 12.8 Å². The highest BCUT2D eigenvalue weighted by Crippen LogP contribution is 2.29. The molecule has 0 heterocycles. The molecule has 0 fully saturated rings. The lowest BCUT2D eigenvalue weighted by Crippen LogP contribution is -2.20. The molecule has 1 N–H and O–H groups in total. The number of fused-ring (bicyclic) bond motifs is 1. The zero-order chi connectivity index (χ0) is 12.5. The third kappa shape index (κ3) is 2.15. The molecule has 0 spiro atoms. The summed E-state index contributed by atoms with van der Waals surface area (Å²) in [5.41, 5.74) is 3.29. The molecule has 0 unspecified atom stereocenters. The van der Waals surface area contributed by atoms with E-state index in [9.17, 15) is 4.39 Å². The zero-order valence-electron chi connectivity index (χ0n) is 9.79. The summed E-state index contributed by atoms with van der Waals surface area (Å²) in [5.74, 6) is -0.208. The van der Waals surface area contributed by atoms with Crippen molar-refractivity contribution in [2.45, 2.75) is 18.9 Å². The average molecular weight is 306 g/mol. The summed E-state index contributed by atoms with van der Waals surface area (Å²) >= 11 is 3.39. The van der Waals surface area contributed by atoms with Crippen LogP contribution < -0.4 is 5.32 Å². The molecule has 0 bridgehead atoms. The molecular weight excluding hydrogens is 293 g/mol. The zero-order valence-corrected chi connectivity index (χ0v) is 11.4. The van der Waals surface area contributed by atoms with Crippen molar-refractivity contribution < 1.29 is 4.39 Å². The van der Waals surface area contributed by atoms with Crippen molar-refractivity contribution in [3.8, 4) is 0 Å². The van der Waals surface area contributed by atoms with Crippen molar-refractivity contribution in [1.82, 2.24) is 0 Å². The van der Waals surface area contributed by atoms with Crippen molar-refractivity contribution in [2.24, 2.45) is 0 Å². The van der Waals surface area contributed by atoms with Gasteiger partial charge < -0.3 is 5.32 Å². The van der Waals surface area contributed by atoms with Crippen molar-refractivity contribution in [3.63, 3.8) is 0 Å². The smallest absolute Gasteiger partial charge is 0.147 e. The highest BCUT2D eigenvalue weighted by Gasteiger charge is 2.22. The quantitative estimate of drug-likeness (QED) is 0.878. The van der Waals surface area contributed by atoms with E-state index in [1.807, 2.05) is 6.07 Å². The van der Waals surface area contributed by atoms with E-state index in [1.54, 1.807) is 6.07 Å². The van der Waals surface area contributed by atoms with E-state index in [0.29, 0.717) is 5.69 Å². The average Bonchev–Trinajstić information content (AvgIpc) is 2.76. The van der Waals surface area contributed by atoms with Gasteiger partial charge in [-0.25, -0.2) is 4.39 Å². The first-order chi connectivity index (χ1) is 8.74. The molecule has 0 amide bonds. The molecule has 0 saturated carbocycles. The number of hydrogen-bond acceptors (Lipinski definition) is 1. The van der Waals surface area contributed by atoms with Crippen LogP contribution in [-0.4, -0.2) is 6.04 Å². The second kappa shape index (κ2) is 4.73. The maximum atomic E-state index is 13.7. The Kier molecular flexibility index (Phi) is 3.08. The maximum Gasteiger partial charge on any atom is 0.147 e. The number of hydrogen-bond donors (Lipinski definition) is 1. The predicted octanol–water partition coefficient (Wildman–Crippen LogP) is 4.17. The summed E-state index contributed by atoms with van der Waals surface area (Å²) in [6.45, 7) is 0. The molecule has 3 heteroatoms. The van der Waals surface area contributed by atoms with Gasteiger partial charge in [-0.15, -0.1) is 0 Å². The number of benzene rings is 2. The Morgan fingerprint density at radius 2 is 1.67 bits per heavy atom. The number of halogens is 2. The Morgan fingerprint density at radius 3 is 2.28 bits per heavy atom. The minimum atomic E-state index is -0.208. The van der Waals surface area contributed by atoms with Crippen LogP contribution in [0.5, 0.6) is 0 Å². The van der Waals surface area contributed by atoms with E-state index in [0.717, 1.165) is 17.3 Å². The van der Waals surface area contributed by atoms with Gasteiger partial charge in [0.15, 0.2) is 0 Å². The molecule has 18 heavy (non-hydrogen) atoms. The molecule has 1 nitrogen and oxygen atoms in total. The fourth-order valence-corrected chi connectivity index (χ4v) is 2.96. The molecule has 2 aromatic rings. The van der Waals surface area contributed by atoms with Crippen LogP contribution in [0, 0.1) is 5.82 Å². The van der Waals surface area contributed by atoms with Crippen molar-refractivity contribution >= 4 is 21.6 Å². The lowest BCUT2D eigenvalue weighted by molar-refractivity contribution is 0.624. The van der Waals surface area contributed by atoms with Crippen molar-refractivity contribution in [2.75, 3.05) is 5.32 Å². The van der Waals surface area contributed by atoms with Crippen LogP contribution in [0.25, 0.3) is 0 Å². The van der Waals surface area contributed by atoms with Gasteiger partial charge in [0.2, 0.25) is 0 Å². The Balaban J connectivity index is 1.80. The first-order valence-corrected chi connectivity index (χ1v) is 6.80.